The molecule has 0 aromatic rings. The molecule has 0 radical (unpaired) electrons. The third-order valence-corrected chi connectivity index (χ3v) is 3.16. The summed E-state index contributed by atoms with van der Waals surface area (Å²) in [7, 11) is 1.31. The van der Waals surface area contributed by atoms with E-state index >= 15 is 0 Å². The number of amides is 1. The molecule has 4 nitrogen and oxygen atoms in total. The number of hydrogen-bond acceptors (Lipinski definition) is 3. The van der Waals surface area contributed by atoms with Crippen molar-refractivity contribution in [2.45, 2.75) is 32.4 Å². The normalized spacial score (nSPS) is 24.9. The molecule has 1 aliphatic rings. The summed E-state index contributed by atoms with van der Waals surface area (Å²) < 4.78 is 4.72. The fraction of sp³-hybridized carbons (Fsp3) is 0.538. The highest BCUT2D eigenvalue weighted by atomic mass is 16.5. The molecular weight excluding hydrogens is 218 g/mol. The maximum Gasteiger partial charge on any atom is 0.332 e. The van der Waals surface area contributed by atoms with Crippen LogP contribution in [0.1, 0.15) is 20.3 Å². The fourth-order valence-electron chi connectivity index (χ4n) is 2.19. The van der Waals surface area contributed by atoms with Crippen molar-refractivity contribution in [1.29, 1.82) is 0 Å². The molecule has 3 atom stereocenters. The number of esters is 1. The second kappa shape index (κ2) is 5.17. The number of carbonyl (C=O) groups excluding carboxylic acids is 2. The summed E-state index contributed by atoms with van der Waals surface area (Å²) in [5.74, 6) is -0.540. The molecular formula is C13H19NO3. The standard InChI is InChI=1S/C13H19NO3/c1-6-7-10-9(4)12(15)14(10)11(8(2)3)13(16)17-5/h6,9-11H,1-2,7H2,3-5H3. The number of ether oxygens (including phenoxy) is 1. The lowest BCUT2D eigenvalue weighted by atomic mass is 9.84. The molecule has 0 N–H and O–H groups in total. The predicted molar refractivity (Wildman–Crippen MR) is 65.2 cm³/mol. The van der Waals surface area contributed by atoms with Gasteiger partial charge >= 0.3 is 5.97 Å². The first-order chi connectivity index (χ1) is 7.95. The number of methoxy groups -OCH3 is 1. The Morgan fingerprint density at radius 2 is 2.24 bits per heavy atom. The van der Waals surface area contributed by atoms with E-state index in [-0.39, 0.29) is 17.9 Å². The first-order valence-electron chi connectivity index (χ1n) is 5.62. The summed E-state index contributed by atoms with van der Waals surface area (Å²) >= 11 is 0. The number of nitrogens with zero attached hydrogens (tertiary/aromatic N) is 1. The van der Waals surface area contributed by atoms with Crippen LogP contribution in [-0.4, -0.2) is 36.0 Å². The molecule has 94 valence electrons. The summed E-state index contributed by atoms with van der Waals surface area (Å²) in [5.41, 5.74) is 0.617. The number of rotatable bonds is 5. The summed E-state index contributed by atoms with van der Waals surface area (Å²) in [4.78, 5) is 25.1. The van der Waals surface area contributed by atoms with E-state index in [0.29, 0.717) is 12.0 Å². The van der Waals surface area contributed by atoms with Crippen LogP contribution in [0.2, 0.25) is 0 Å². The number of β-lactam (4-membered cyclic amide) rings is 1. The van der Waals surface area contributed by atoms with Crippen molar-refractivity contribution in [2.24, 2.45) is 5.92 Å². The summed E-state index contributed by atoms with van der Waals surface area (Å²) in [5, 5.41) is 0. The molecule has 0 saturated carbocycles. The van der Waals surface area contributed by atoms with Gasteiger partial charge in [-0.25, -0.2) is 4.79 Å². The number of hydrogen-bond donors (Lipinski definition) is 0. The molecule has 4 heteroatoms. The first-order valence-corrected chi connectivity index (χ1v) is 5.62. The zero-order valence-electron chi connectivity index (χ0n) is 10.6. The number of likely N-dealkylation sites (tertiary alicyclic amines) is 1. The van der Waals surface area contributed by atoms with Crippen LogP contribution in [0.15, 0.2) is 24.8 Å². The lowest BCUT2D eigenvalue weighted by Crippen LogP contribution is -2.65. The maximum atomic E-state index is 11.9. The van der Waals surface area contributed by atoms with Crippen LogP contribution in [0.25, 0.3) is 0 Å². The zero-order valence-corrected chi connectivity index (χ0v) is 10.6. The lowest BCUT2D eigenvalue weighted by molar-refractivity contribution is -0.167. The quantitative estimate of drug-likeness (QED) is 0.414. The monoisotopic (exact) mass is 237 g/mol. The Balaban J connectivity index is 2.94. The van der Waals surface area contributed by atoms with Crippen LogP contribution < -0.4 is 0 Å². The molecule has 0 aromatic heterocycles. The van der Waals surface area contributed by atoms with E-state index in [9.17, 15) is 9.59 Å². The van der Waals surface area contributed by atoms with E-state index in [0.717, 1.165) is 0 Å². The fourth-order valence-corrected chi connectivity index (χ4v) is 2.19. The molecule has 1 fully saturated rings. The van der Waals surface area contributed by atoms with Crippen LogP contribution in [0.4, 0.5) is 0 Å². The van der Waals surface area contributed by atoms with Gasteiger partial charge in [0.05, 0.1) is 13.0 Å². The molecule has 17 heavy (non-hydrogen) atoms. The highest BCUT2D eigenvalue weighted by molar-refractivity contribution is 5.92. The molecule has 1 heterocycles. The molecule has 1 amide bonds. The van der Waals surface area contributed by atoms with Crippen LogP contribution in [0.5, 0.6) is 0 Å². The highest BCUT2D eigenvalue weighted by Crippen LogP contribution is 2.33. The summed E-state index contributed by atoms with van der Waals surface area (Å²) in [6.07, 6.45) is 2.43. The van der Waals surface area contributed by atoms with E-state index in [4.69, 9.17) is 4.74 Å². The average Bonchev–Trinajstić information content (AvgIpc) is 2.31. The van der Waals surface area contributed by atoms with Crippen molar-refractivity contribution in [1.82, 2.24) is 4.90 Å². The molecule has 1 rings (SSSR count). The minimum Gasteiger partial charge on any atom is -0.467 e. The average molecular weight is 237 g/mol. The minimum absolute atomic E-state index is 0.0146. The van der Waals surface area contributed by atoms with Gasteiger partial charge in [0.2, 0.25) is 5.91 Å². The van der Waals surface area contributed by atoms with Gasteiger partial charge in [-0.2, -0.15) is 0 Å². The van der Waals surface area contributed by atoms with E-state index in [1.165, 1.54) is 7.11 Å². The van der Waals surface area contributed by atoms with Gasteiger partial charge in [-0.05, 0) is 18.9 Å². The van der Waals surface area contributed by atoms with Gasteiger partial charge in [0.1, 0.15) is 0 Å². The second-order valence-corrected chi connectivity index (χ2v) is 4.40. The minimum atomic E-state index is -0.673. The van der Waals surface area contributed by atoms with Gasteiger partial charge in [0.15, 0.2) is 6.04 Å². The van der Waals surface area contributed by atoms with E-state index in [2.05, 4.69) is 13.2 Å². The topological polar surface area (TPSA) is 46.6 Å². The summed E-state index contributed by atoms with van der Waals surface area (Å²) in [6, 6.07) is -0.658. The lowest BCUT2D eigenvalue weighted by Gasteiger charge is -2.49. The molecule has 1 saturated heterocycles. The van der Waals surface area contributed by atoms with E-state index < -0.39 is 12.0 Å². The SMILES string of the molecule is C=CCC1C(C)C(=O)N1C(C(=C)C)C(=O)OC. The first kappa shape index (κ1) is 13.5. The van der Waals surface area contributed by atoms with Gasteiger partial charge in [-0.1, -0.05) is 19.6 Å². The molecule has 1 aliphatic heterocycles. The summed E-state index contributed by atoms with van der Waals surface area (Å²) in [6.45, 7) is 11.0. The van der Waals surface area contributed by atoms with Gasteiger partial charge in [0, 0.05) is 6.04 Å². The zero-order chi connectivity index (χ0) is 13.2. The number of carbonyl (C=O) groups is 2. The largest absolute Gasteiger partial charge is 0.467 e. The van der Waals surface area contributed by atoms with Crippen molar-refractivity contribution < 1.29 is 14.3 Å². The third kappa shape index (κ3) is 2.25. The Morgan fingerprint density at radius 1 is 1.65 bits per heavy atom. The Labute approximate surface area is 102 Å². The Kier molecular flexibility index (Phi) is 4.10. The van der Waals surface area contributed by atoms with Crippen molar-refractivity contribution in [3.8, 4) is 0 Å². The highest BCUT2D eigenvalue weighted by Gasteiger charge is 2.49. The van der Waals surface area contributed by atoms with Gasteiger partial charge in [0.25, 0.3) is 0 Å². The van der Waals surface area contributed by atoms with Crippen LogP contribution in [0.3, 0.4) is 0 Å². The van der Waals surface area contributed by atoms with Gasteiger partial charge in [-0.3, -0.25) is 4.79 Å². The molecule has 3 unspecified atom stereocenters. The van der Waals surface area contributed by atoms with E-state index in [1.54, 1.807) is 17.9 Å². The van der Waals surface area contributed by atoms with Crippen LogP contribution in [0, 0.1) is 5.92 Å². The molecule has 0 aromatic carbocycles. The van der Waals surface area contributed by atoms with Crippen LogP contribution in [-0.2, 0) is 14.3 Å². The van der Waals surface area contributed by atoms with Crippen molar-refractivity contribution in [3.63, 3.8) is 0 Å². The Morgan fingerprint density at radius 3 is 2.65 bits per heavy atom. The van der Waals surface area contributed by atoms with Gasteiger partial charge in [-0.15, -0.1) is 6.58 Å². The smallest absolute Gasteiger partial charge is 0.332 e. The maximum absolute atomic E-state index is 11.9. The third-order valence-electron chi connectivity index (χ3n) is 3.16. The van der Waals surface area contributed by atoms with Crippen molar-refractivity contribution in [3.05, 3.63) is 24.8 Å². The van der Waals surface area contributed by atoms with Gasteiger partial charge < -0.3 is 9.64 Å². The molecule has 0 spiro atoms. The molecule has 0 bridgehead atoms. The van der Waals surface area contributed by atoms with Crippen LogP contribution >= 0.6 is 0 Å². The second-order valence-electron chi connectivity index (χ2n) is 4.40. The Hall–Kier alpha value is -1.58. The van der Waals surface area contributed by atoms with E-state index in [1.807, 2.05) is 6.92 Å². The molecule has 0 aliphatic carbocycles. The Bertz CT molecular complexity index is 362. The van der Waals surface area contributed by atoms with Crippen molar-refractivity contribution >= 4 is 11.9 Å². The predicted octanol–water partition coefficient (Wildman–Crippen LogP) is 1.53. The van der Waals surface area contributed by atoms with Crippen molar-refractivity contribution in [2.75, 3.05) is 7.11 Å².